The highest BCUT2D eigenvalue weighted by molar-refractivity contribution is 5.88. The number of hydrogen-bond acceptors (Lipinski definition) is 6. The lowest BCUT2D eigenvalue weighted by Gasteiger charge is -2.10. The van der Waals surface area contributed by atoms with Gasteiger partial charge in [0, 0.05) is 7.11 Å². The summed E-state index contributed by atoms with van der Waals surface area (Å²) in [7, 11) is 1.51. The fourth-order valence-electron chi connectivity index (χ4n) is 1.48. The Kier molecular flexibility index (Phi) is 5.91. The maximum absolute atomic E-state index is 11.8. The molecule has 1 aromatic rings. The number of rotatable bonds is 7. The molecule has 1 atom stereocenters. The molecule has 0 amide bonds. The minimum Gasteiger partial charge on any atom is -0.461 e. The molecule has 1 N–H and O–H groups in total. The molecule has 0 radical (unpaired) electrons. The Morgan fingerprint density at radius 2 is 2.11 bits per heavy atom. The van der Waals surface area contributed by atoms with Crippen molar-refractivity contribution in [2.24, 2.45) is 5.92 Å². The minimum atomic E-state index is -0.690. The van der Waals surface area contributed by atoms with Crippen molar-refractivity contribution >= 4 is 5.97 Å². The van der Waals surface area contributed by atoms with Gasteiger partial charge in [0.15, 0.2) is 5.69 Å². The van der Waals surface area contributed by atoms with E-state index in [0.717, 1.165) is 0 Å². The summed E-state index contributed by atoms with van der Waals surface area (Å²) in [5.41, 5.74) is 0.758. The summed E-state index contributed by atoms with van der Waals surface area (Å²) >= 11 is 0. The lowest BCUT2D eigenvalue weighted by molar-refractivity contribution is 0.0448. The first-order valence-electron chi connectivity index (χ1n) is 6.19. The van der Waals surface area contributed by atoms with Crippen molar-refractivity contribution < 1.29 is 19.4 Å². The van der Waals surface area contributed by atoms with Crippen LogP contribution in [0.25, 0.3) is 0 Å². The molecule has 1 rings (SSSR count). The van der Waals surface area contributed by atoms with Gasteiger partial charge in [-0.3, -0.25) is 0 Å². The number of aliphatic hydroxyl groups is 1. The highest BCUT2D eigenvalue weighted by Crippen LogP contribution is 2.07. The lowest BCUT2D eigenvalue weighted by Crippen LogP contribution is -2.22. The summed E-state index contributed by atoms with van der Waals surface area (Å²) in [6, 6.07) is 0. The van der Waals surface area contributed by atoms with Crippen LogP contribution in [0.2, 0.25) is 0 Å². The van der Waals surface area contributed by atoms with Crippen molar-refractivity contribution in [2.45, 2.75) is 33.4 Å². The Balaban J connectivity index is 2.67. The summed E-state index contributed by atoms with van der Waals surface area (Å²) in [5, 5.41) is 17.3. The molecule has 0 saturated carbocycles. The molecule has 108 valence electrons. The number of hydrogen-bond donors (Lipinski definition) is 1. The van der Waals surface area contributed by atoms with E-state index >= 15 is 0 Å². The molecule has 0 aliphatic carbocycles. The molecule has 0 saturated heterocycles. The van der Waals surface area contributed by atoms with E-state index in [1.807, 2.05) is 13.8 Å². The van der Waals surface area contributed by atoms with Crippen LogP contribution in [0.5, 0.6) is 0 Å². The van der Waals surface area contributed by atoms with Gasteiger partial charge in [-0.2, -0.15) is 0 Å². The van der Waals surface area contributed by atoms with Crippen molar-refractivity contribution in [3.05, 3.63) is 11.4 Å². The number of methoxy groups -OCH3 is 1. The Morgan fingerprint density at radius 1 is 1.42 bits per heavy atom. The van der Waals surface area contributed by atoms with E-state index in [2.05, 4.69) is 10.3 Å². The summed E-state index contributed by atoms with van der Waals surface area (Å²) < 4.78 is 11.4. The van der Waals surface area contributed by atoms with E-state index in [1.165, 1.54) is 11.8 Å². The van der Waals surface area contributed by atoms with Crippen LogP contribution in [0.3, 0.4) is 0 Å². The van der Waals surface area contributed by atoms with Gasteiger partial charge in [-0.25, -0.2) is 9.48 Å². The molecule has 7 heteroatoms. The van der Waals surface area contributed by atoms with Gasteiger partial charge in [0.05, 0.1) is 31.6 Å². The number of aromatic nitrogens is 3. The predicted octanol–water partition coefficient (Wildman–Crippen LogP) is 0.407. The topological polar surface area (TPSA) is 86.5 Å². The van der Waals surface area contributed by atoms with Crippen LogP contribution < -0.4 is 0 Å². The summed E-state index contributed by atoms with van der Waals surface area (Å²) in [4.78, 5) is 11.8. The average molecular weight is 271 g/mol. The van der Waals surface area contributed by atoms with E-state index in [4.69, 9.17) is 9.47 Å². The lowest BCUT2D eigenvalue weighted by atomic mass is 10.2. The van der Waals surface area contributed by atoms with Crippen LogP contribution in [0, 0.1) is 12.8 Å². The van der Waals surface area contributed by atoms with E-state index in [0.29, 0.717) is 12.3 Å². The predicted molar refractivity (Wildman–Crippen MR) is 67.8 cm³/mol. The fourth-order valence-corrected chi connectivity index (χ4v) is 1.48. The Bertz CT molecular complexity index is 417. The van der Waals surface area contributed by atoms with Gasteiger partial charge >= 0.3 is 5.97 Å². The molecule has 0 aromatic carbocycles. The number of carbonyl (C=O) groups excluding carboxylic acids is 1. The Labute approximate surface area is 112 Å². The van der Waals surface area contributed by atoms with E-state index in [-0.39, 0.29) is 24.8 Å². The summed E-state index contributed by atoms with van der Waals surface area (Å²) in [6.45, 7) is 6.40. The van der Waals surface area contributed by atoms with Crippen molar-refractivity contribution in [3.8, 4) is 0 Å². The highest BCUT2D eigenvalue weighted by atomic mass is 16.5. The molecule has 0 spiro atoms. The molecular formula is C12H21N3O4. The average Bonchev–Trinajstić information content (AvgIpc) is 2.68. The van der Waals surface area contributed by atoms with Crippen molar-refractivity contribution in [1.82, 2.24) is 15.0 Å². The monoisotopic (exact) mass is 271 g/mol. The van der Waals surface area contributed by atoms with Crippen LogP contribution >= 0.6 is 0 Å². The fraction of sp³-hybridized carbons (Fsp3) is 0.750. The maximum atomic E-state index is 11.8. The standard InChI is InChI=1S/C12H21N3O4/c1-8(2)6-19-12(17)11-9(3)15(14-13-11)5-10(16)7-18-4/h8,10,16H,5-7H2,1-4H3. The quantitative estimate of drug-likeness (QED) is 0.723. The van der Waals surface area contributed by atoms with Gasteiger partial charge in [-0.1, -0.05) is 19.1 Å². The number of ether oxygens (including phenoxy) is 2. The zero-order valence-corrected chi connectivity index (χ0v) is 11.8. The van der Waals surface area contributed by atoms with Gasteiger partial charge in [-0.15, -0.1) is 5.10 Å². The van der Waals surface area contributed by atoms with Gasteiger partial charge < -0.3 is 14.6 Å². The van der Waals surface area contributed by atoms with E-state index in [1.54, 1.807) is 6.92 Å². The Hall–Kier alpha value is -1.47. The second-order valence-corrected chi connectivity index (χ2v) is 4.81. The highest BCUT2D eigenvalue weighted by Gasteiger charge is 2.19. The molecule has 19 heavy (non-hydrogen) atoms. The molecule has 0 bridgehead atoms. The van der Waals surface area contributed by atoms with Gasteiger partial charge in [0.25, 0.3) is 0 Å². The third-order valence-corrected chi connectivity index (χ3v) is 2.47. The van der Waals surface area contributed by atoms with E-state index < -0.39 is 12.1 Å². The smallest absolute Gasteiger partial charge is 0.360 e. The maximum Gasteiger partial charge on any atom is 0.360 e. The molecule has 0 aliphatic rings. The van der Waals surface area contributed by atoms with Crippen LogP contribution in [0.1, 0.15) is 30.0 Å². The molecule has 7 nitrogen and oxygen atoms in total. The minimum absolute atomic E-state index is 0.185. The third kappa shape index (κ3) is 4.60. The van der Waals surface area contributed by atoms with E-state index in [9.17, 15) is 9.90 Å². The first-order valence-corrected chi connectivity index (χ1v) is 6.19. The van der Waals surface area contributed by atoms with Crippen LogP contribution in [0.4, 0.5) is 0 Å². The second-order valence-electron chi connectivity index (χ2n) is 4.81. The molecular weight excluding hydrogens is 250 g/mol. The SMILES string of the molecule is COCC(O)Cn1nnc(C(=O)OCC(C)C)c1C. The second kappa shape index (κ2) is 7.20. The third-order valence-electron chi connectivity index (χ3n) is 2.47. The zero-order valence-electron chi connectivity index (χ0n) is 11.8. The van der Waals surface area contributed by atoms with Crippen LogP contribution in [-0.4, -0.2) is 52.5 Å². The zero-order chi connectivity index (χ0) is 14.4. The largest absolute Gasteiger partial charge is 0.461 e. The molecule has 0 aliphatic heterocycles. The van der Waals surface area contributed by atoms with Crippen LogP contribution in [-0.2, 0) is 16.0 Å². The Morgan fingerprint density at radius 3 is 2.68 bits per heavy atom. The summed E-state index contributed by atoms with van der Waals surface area (Å²) in [6.07, 6.45) is -0.690. The number of esters is 1. The first kappa shape index (κ1) is 15.6. The van der Waals surface area contributed by atoms with Gasteiger partial charge in [0.1, 0.15) is 0 Å². The normalized spacial score (nSPS) is 12.7. The molecule has 0 fully saturated rings. The van der Waals surface area contributed by atoms with Crippen molar-refractivity contribution in [1.29, 1.82) is 0 Å². The summed E-state index contributed by atoms with van der Waals surface area (Å²) in [5.74, 6) is -0.221. The number of aliphatic hydroxyl groups excluding tert-OH is 1. The number of carbonyl (C=O) groups is 1. The molecule has 1 aromatic heterocycles. The molecule has 1 heterocycles. The first-order chi connectivity index (χ1) is 8.95. The molecule has 1 unspecified atom stereocenters. The van der Waals surface area contributed by atoms with Crippen molar-refractivity contribution in [2.75, 3.05) is 20.3 Å². The van der Waals surface area contributed by atoms with Crippen LogP contribution in [0.15, 0.2) is 0 Å². The van der Waals surface area contributed by atoms with Gasteiger partial charge in [0.2, 0.25) is 0 Å². The van der Waals surface area contributed by atoms with Gasteiger partial charge in [-0.05, 0) is 12.8 Å². The number of nitrogens with zero attached hydrogens (tertiary/aromatic N) is 3. The van der Waals surface area contributed by atoms with Crippen molar-refractivity contribution in [3.63, 3.8) is 0 Å².